The molecule has 3 rings (SSSR count). The average molecular weight is 367 g/mol. The molecule has 0 bridgehead atoms. The summed E-state index contributed by atoms with van der Waals surface area (Å²) in [5, 5.41) is 29.2. The number of aliphatic hydroxyl groups excluding tert-OH is 1. The number of aliphatic hydroxyl groups is 1. The van der Waals surface area contributed by atoms with Crippen LogP contribution >= 0.6 is 0 Å². The third kappa shape index (κ3) is 4.12. The summed E-state index contributed by atoms with van der Waals surface area (Å²) >= 11 is 0. The van der Waals surface area contributed by atoms with Gasteiger partial charge in [-0.2, -0.15) is 10.5 Å². The molecule has 2 aliphatic rings. The van der Waals surface area contributed by atoms with Gasteiger partial charge in [0.2, 0.25) is 0 Å². The summed E-state index contributed by atoms with van der Waals surface area (Å²) in [5.41, 5.74) is 2.04. The summed E-state index contributed by atoms with van der Waals surface area (Å²) < 4.78 is 6.33. The first-order chi connectivity index (χ1) is 13.1. The van der Waals surface area contributed by atoms with Crippen LogP contribution in [0.2, 0.25) is 0 Å². The molecule has 1 fully saturated rings. The Bertz CT molecular complexity index is 749. The average Bonchev–Trinajstić information content (AvgIpc) is 2.70. The van der Waals surface area contributed by atoms with Crippen LogP contribution in [0.5, 0.6) is 5.75 Å². The Hall–Kier alpha value is -2.04. The highest BCUT2D eigenvalue weighted by Gasteiger charge is 2.33. The molecular weight excluding hydrogens is 336 g/mol. The molecule has 0 radical (unpaired) electrons. The number of hydrogen-bond donors (Lipinski definition) is 1. The van der Waals surface area contributed by atoms with Crippen LogP contribution in [0.4, 0.5) is 0 Å². The van der Waals surface area contributed by atoms with Gasteiger partial charge in [-0.25, -0.2) is 0 Å². The Morgan fingerprint density at radius 2 is 1.85 bits per heavy atom. The zero-order valence-corrected chi connectivity index (χ0v) is 16.5. The van der Waals surface area contributed by atoms with Crippen molar-refractivity contribution in [3.8, 4) is 17.9 Å². The monoisotopic (exact) mass is 366 g/mol. The van der Waals surface area contributed by atoms with E-state index in [-0.39, 0.29) is 11.7 Å². The lowest BCUT2D eigenvalue weighted by Gasteiger charge is -2.37. The van der Waals surface area contributed by atoms with Crippen LogP contribution in [0.25, 0.3) is 0 Å². The number of nitriles is 2. The maximum atomic E-state index is 10.00. The molecule has 1 aliphatic heterocycles. The van der Waals surface area contributed by atoms with Crippen LogP contribution < -0.4 is 4.74 Å². The van der Waals surface area contributed by atoms with Gasteiger partial charge in [-0.1, -0.05) is 39.0 Å². The molecule has 1 aromatic carbocycles. The molecule has 4 heteroatoms. The second-order valence-electron chi connectivity index (χ2n) is 8.22. The van der Waals surface area contributed by atoms with Crippen LogP contribution in [0, 0.1) is 34.5 Å². The summed E-state index contributed by atoms with van der Waals surface area (Å²) in [6, 6.07) is 6.13. The topological polar surface area (TPSA) is 77.0 Å². The number of aryl methyl sites for hydroxylation is 1. The standard InChI is InChI=1S/C23H30N2O2/c1-3-4-5-16-6-8-17(9-7-16)22-11-10-18-12-19(15(2)26)20(13-24)21(14-25)23(18)27-22/h12,15-17,22,26H,3-11H2,1-2H3. The van der Waals surface area contributed by atoms with Crippen LogP contribution in [-0.2, 0) is 6.42 Å². The van der Waals surface area contributed by atoms with Crippen molar-refractivity contribution in [2.45, 2.75) is 83.8 Å². The van der Waals surface area contributed by atoms with Crippen LogP contribution in [-0.4, -0.2) is 11.2 Å². The fourth-order valence-corrected chi connectivity index (χ4v) is 4.80. The molecule has 1 N–H and O–H groups in total. The fourth-order valence-electron chi connectivity index (χ4n) is 4.80. The van der Waals surface area contributed by atoms with Crippen molar-refractivity contribution >= 4 is 0 Å². The highest BCUT2D eigenvalue weighted by atomic mass is 16.5. The van der Waals surface area contributed by atoms with Crippen molar-refractivity contribution in [2.75, 3.05) is 0 Å². The number of fused-ring (bicyclic) bond motifs is 1. The maximum absolute atomic E-state index is 10.00. The zero-order valence-electron chi connectivity index (χ0n) is 16.5. The van der Waals surface area contributed by atoms with Gasteiger partial charge in [-0.05, 0) is 61.6 Å². The summed E-state index contributed by atoms with van der Waals surface area (Å²) in [7, 11) is 0. The molecule has 27 heavy (non-hydrogen) atoms. The van der Waals surface area contributed by atoms with E-state index in [0.717, 1.165) is 24.3 Å². The summed E-state index contributed by atoms with van der Waals surface area (Å²) in [5.74, 6) is 2.00. The first-order valence-electron chi connectivity index (χ1n) is 10.4. The molecule has 4 nitrogen and oxygen atoms in total. The maximum Gasteiger partial charge on any atom is 0.142 e. The molecule has 0 amide bonds. The third-order valence-electron chi connectivity index (χ3n) is 6.41. The van der Waals surface area contributed by atoms with Gasteiger partial charge in [0.05, 0.1) is 11.7 Å². The van der Waals surface area contributed by atoms with E-state index < -0.39 is 6.10 Å². The first kappa shape index (κ1) is 19.7. The molecule has 0 saturated heterocycles. The van der Waals surface area contributed by atoms with Crippen LogP contribution in [0.1, 0.15) is 93.6 Å². The van der Waals surface area contributed by atoms with Crippen molar-refractivity contribution in [1.82, 2.24) is 0 Å². The van der Waals surface area contributed by atoms with E-state index in [2.05, 4.69) is 19.1 Å². The lowest BCUT2D eigenvalue weighted by molar-refractivity contribution is 0.0751. The van der Waals surface area contributed by atoms with Crippen molar-refractivity contribution in [1.29, 1.82) is 10.5 Å². The molecule has 2 unspecified atom stereocenters. The second kappa shape index (κ2) is 8.77. The van der Waals surface area contributed by atoms with E-state index in [1.54, 1.807) is 6.92 Å². The lowest BCUT2D eigenvalue weighted by Crippen LogP contribution is -2.34. The molecule has 0 aromatic heterocycles. The van der Waals surface area contributed by atoms with Crippen molar-refractivity contribution in [3.63, 3.8) is 0 Å². The Balaban J connectivity index is 1.77. The predicted molar refractivity (Wildman–Crippen MR) is 104 cm³/mol. The largest absolute Gasteiger partial charge is 0.488 e. The number of unbranched alkanes of at least 4 members (excludes halogenated alkanes) is 1. The van der Waals surface area contributed by atoms with Gasteiger partial charge in [0.25, 0.3) is 0 Å². The molecule has 2 atom stereocenters. The lowest BCUT2D eigenvalue weighted by atomic mass is 9.76. The van der Waals surface area contributed by atoms with Crippen molar-refractivity contribution in [2.24, 2.45) is 11.8 Å². The van der Waals surface area contributed by atoms with Gasteiger partial charge in [0.15, 0.2) is 0 Å². The molecule has 144 valence electrons. The van der Waals surface area contributed by atoms with E-state index in [4.69, 9.17) is 4.74 Å². The number of benzene rings is 1. The minimum absolute atomic E-state index is 0.140. The van der Waals surface area contributed by atoms with Gasteiger partial charge < -0.3 is 9.84 Å². The fraction of sp³-hybridized carbons (Fsp3) is 0.652. The minimum atomic E-state index is -0.770. The Kier molecular flexibility index (Phi) is 6.40. The van der Waals surface area contributed by atoms with Crippen molar-refractivity contribution in [3.05, 3.63) is 28.3 Å². The van der Waals surface area contributed by atoms with Crippen LogP contribution in [0.3, 0.4) is 0 Å². The quantitative estimate of drug-likeness (QED) is 0.779. The molecule has 1 saturated carbocycles. The highest BCUT2D eigenvalue weighted by Crippen LogP contribution is 2.42. The van der Waals surface area contributed by atoms with E-state index in [9.17, 15) is 15.6 Å². The molecule has 1 aromatic rings. The summed E-state index contributed by atoms with van der Waals surface area (Å²) in [6.45, 7) is 3.89. The molecule has 0 spiro atoms. The normalized spacial score (nSPS) is 25.6. The van der Waals surface area contributed by atoms with E-state index >= 15 is 0 Å². The Morgan fingerprint density at radius 3 is 2.44 bits per heavy atom. The van der Waals surface area contributed by atoms with Crippen LogP contribution in [0.15, 0.2) is 6.07 Å². The van der Waals surface area contributed by atoms with E-state index in [0.29, 0.717) is 22.8 Å². The highest BCUT2D eigenvalue weighted by molar-refractivity contribution is 5.62. The summed E-state index contributed by atoms with van der Waals surface area (Å²) in [6.07, 6.45) is 10.1. The minimum Gasteiger partial charge on any atom is -0.488 e. The van der Waals surface area contributed by atoms with E-state index in [1.807, 2.05) is 6.07 Å². The van der Waals surface area contributed by atoms with E-state index in [1.165, 1.54) is 44.9 Å². The summed E-state index contributed by atoms with van der Waals surface area (Å²) in [4.78, 5) is 0. The van der Waals surface area contributed by atoms with Gasteiger partial charge >= 0.3 is 0 Å². The predicted octanol–water partition coefficient (Wildman–Crippen LogP) is 5.17. The number of hydrogen-bond acceptors (Lipinski definition) is 4. The van der Waals surface area contributed by atoms with Gasteiger partial charge in [0.1, 0.15) is 29.6 Å². The van der Waals surface area contributed by atoms with Gasteiger partial charge in [-0.15, -0.1) is 0 Å². The first-order valence-corrected chi connectivity index (χ1v) is 10.4. The van der Waals surface area contributed by atoms with Gasteiger partial charge in [-0.3, -0.25) is 0 Å². The molecule has 1 heterocycles. The second-order valence-corrected chi connectivity index (χ2v) is 8.22. The Labute approximate surface area is 162 Å². The smallest absolute Gasteiger partial charge is 0.142 e. The van der Waals surface area contributed by atoms with Gasteiger partial charge in [0, 0.05) is 0 Å². The molecular formula is C23H30N2O2. The SMILES string of the molecule is CCCCC1CCC(C2CCc3cc(C(C)O)c(C#N)c(C#N)c3O2)CC1. The third-order valence-corrected chi connectivity index (χ3v) is 6.41. The van der Waals surface area contributed by atoms with Crippen molar-refractivity contribution < 1.29 is 9.84 Å². The number of nitrogens with zero attached hydrogens (tertiary/aromatic N) is 2. The zero-order chi connectivity index (χ0) is 19.4. The molecule has 1 aliphatic carbocycles. The number of ether oxygens (including phenoxy) is 1. The number of rotatable bonds is 5. The Morgan fingerprint density at radius 1 is 1.15 bits per heavy atom.